The largest absolute Gasteiger partial charge is 0.398 e. The molecule has 1 aliphatic carbocycles. The van der Waals surface area contributed by atoms with Gasteiger partial charge >= 0.3 is 0 Å². The maximum absolute atomic E-state index is 6.08. The second-order valence-electron chi connectivity index (χ2n) is 6.13. The normalized spacial score (nSPS) is 22.9. The van der Waals surface area contributed by atoms with Gasteiger partial charge in [0.25, 0.3) is 0 Å². The molecule has 1 fully saturated rings. The highest BCUT2D eigenvalue weighted by Gasteiger charge is 2.23. The standard InChI is InChI=1S/C17H23N3/c1-12-4-3-5-13(10-12)20(2)17-7-6-16(18)14-8-9-19-11-15(14)17/h6-9,11-13H,3-5,10,18H2,1-2H3. The lowest BCUT2D eigenvalue weighted by Crippen LogP contribution is -2.35. The van der Waals surface area contributed by atoms with E-state index in [4.69, 9.17) is 5.73 Å². The molecule has 1 aromatic carbocycles. The summed E-state index contributed by atoms with van der Waals surface area (Å²) in [6.07, 6.45) is 9.01. The van der Waals surface area contributed by atoms with Gasteiger partial charge in [0.05, 0.1) is 0 Å². The summed E-state index contributed by atoms with van der Waals surface area (Å²) >= 11 is 0. The van der Waals surface area contributed by atoms with E-state index >= 15 is 0 Å². The number of aromatic nitrogens is 1. The number of benzene rings is 1. The van der Waals surface area contributed by atoms with Crippen LogP contribution in [-0.4, -0.2) is 18.1 Å². The van der Waals surface area contributed by atoms with Crippen LogP contribution in [0.3, 0.4) is 0 Å². The Balaban J connectivity index is 1.99. The molecular weight excluding hydrogens is 246 g/mol. The maximum Gasteiger partial charge on any atom is 0.0462 e. The number of anilines is 2. The number of nitrogens with zero attached hydrogens (tertiary/aromatic N) is 2. The summed E-state index contributed by atoms with van der Waals surface area (Å²) in [6, 6.07) is 6.79. The predicted octanol–water partition coefficient (Wildman–Crippen LogP) is 3.83. The highest BCUT2D eigenvalue weighted by Crippen LogP contribution is 2.34. The molecule has 2 unspecified atom stereocenters. The molecule has 1 aliphatic rings. The van der Waals surface area contributed by atoms with Crippen molar-refractivity contribution < 1.29 is 0 Å². The Bertz CT molecular complexity index is 608. The van der Waals surface area contributed by atoms with E-state index < -0.39 is 0 Å². The van der Waals surface area contributed by atoms with Gasteiger partial charge in [-0.05, 0) is 37.0 Å². The highest BCUT2D eigenvalue weighted by molar-refractivity contribution is 6.00. The van der Waals surface area contributed by atoms with Crippen LogP contribution in [0.1, 0.15) is 32.6 Å². The van der Waals surface area contributed by atoms with E-state index in [-0.39, 0.29) is 0 Å². The Kier molecular flexibility index (Phi) is 3.51. The van der Waals surface area contributed by atoms with Gasteiger partial charge in [-0.25, -0.2) is 0 Å². The number of hydrogen-bond acceptors (Lipinski definition) is 3. The first kappa shape index (κ1) is 13.2. The van der Waals surface area contributed by atoms with Crippen molar-refractivity contribution in [2.24, 2.45) is 5.92 Å². The Morgan fingerprint density at radius 2 is 2.05 bits per heavy atom. The molecule has 3 nitrogen and oxygen atoms in total. The second-order valence-corrected chi connectivity index (χ2v) is 6.13. The summed E-state index contributed by atoms with van der Waals surface area (Å²) in [5.74, 6) is 0.828. The first-order valence-electron chi connectivity index (χ1n) is 7.52. The van der Waals surface area contributed by atoms with Crippen molar-refractivity contribution in [1.82, 2.24) is 4.98 Å². The van der Waals surface area contributed by atoms with E-state index in [2.05, 4.69) is 29.9 Å². The van der Waals surface area contributed by atoms with Gasteiger partial charge in [0.2, 0.25) is 0 Å². The topological polar surface area (TPSA) is 42.1 Å². The molecule has 1 heterocycles. The van der Waals surface area contributed by atoms with Gasteiger partial charge in [-0.1, -0.05) is 19.8 Å². The molecule has 20 heavy (non-hydrogen) atoms. The summed E-state index contributed by atoms with van der Waals surface area (Å²) in [6.45, 7) is 2.36. The van der Waals surface area contributed by atoms with Crippen molar-refractivity contribution in [3.05, 3.63) is 30.6 Å². The highest BCUT2D eigenvalue weighted by atomic mass is 15.1. The van der Waals surface area contributed by atoms with Gasteiger partial charge < -0.3 is 10.6 Å². The molecule has 0 radical (unpaired) electrons. The average Bonchev–Trinajstić information content (AvgIpc) is 2.47. The first-order valence-corrected chi connectivity index (χ1v) is 7.52. The van der Waals surface area contributed by atoms with Crippen LogP contribution in [-0.2, 0) is 0 Å². The van der Waals surface area contributed by atoms with Crippen LogP contribution in [0.4, 0.5) is 11.4 Å². The lowest BCUT2D eigenvalue weighted by Gasteiger charge is -2.36. The van der Waals surface area contributed by atoms with E-state index in [9.17, 15) is 0 Å². The Labute approximate surface area is 120 Å². The Hall–Kier alpha value is -1.77. The number of hydrogen-bond donors (Lipinski definition) is 1. The number of pyridine rings is 1. The minimum absolute atomic E-state index is 0.630. The van der Waals surface area contributed by atoms with Crippen LogP contribution in [0.5, 0.6) is 0 Å². The van der Waals surface area contributed by atoms with Gasteiger partial charge in [-0.15, -0.1) is 0 Å². The van der Waals surface area contributed by atoms with Crippen molar-refractivity contribution >= 4 is 22.1 Å². The number of rotatable bonds is 2. The number of fused-ring (bicyclic) bond motifs is 1. The quantitative estimate of drug-likeness (QED) is 0.842. The van der Waals surface area contributed by atoms with Crippen molar-refractivity contribution in [2.45, 2.75) is 38.6 Å². The zero-order chi connectivity index (χ0) is 14.1. The minimum Gasteiger partial charge on any atom is -0.398 e. The SMILES string of the molecule is CC1CCCC(N(C)c2ccc(N)c3ccncc23)C1. The fraction of sp³-hybridized carbons (Fsp3) is 0.471. The van der Waals surface area contributed by atoms with Crippen LogP contribution >= 0.6 is 0 Å². The van der Waals surface area contributed by atoms with Crippen LogP contribution in [0, 0.1) is 5.92 Å². The van der Waals surface area contributed by atoms with Gasteiger partial charge in [-0.2, -0.15) is 0 Å². The molecular formula is C17H23N3. The molecule has 3 rings (SSSR count). The van der Waals surface area contributed by atoms with Gasteiger partial charge in [0.1, 0.15) is 0 Å². The van der Waals surface area contributed by atoms with Crippen LogP contribution < -0.4 is 10.6 Å². The van der Waals surface area contributed by atoms with E-state index in [1.807, 2.05) is 24.5 Å². The van der Waals surface area contributed by atoms with Crippen molar-refractivity contribution in [1.29, 1.82) is 0 Å². The third-order valence-electron chi connectivity index (χ3n) is 4.67. The van der Waals surface area contributed by atoms with E-state index in [1.54, 1.807) is 0 Å². The summed E-state index contributed by atoms with van der Waals surface area (Å²) in [5.41, 5.74) is 8.16. The third kappa shape index (κ3) is 2.33. The zero-order valence-corrected chi connectivity index (χ0v) is 12.3. The fourth-order valence-corrected chi connectivity index (χ4v) is 3.46. The molecule has 2 aromatic rings. The lowest BCUT2D eigenvalue weighted by molar-refractivity contribution is 0.337. The van der Waals surface area contributed by atoms with Crippen molar-refractivity contribution in [3.8, 4) is 0 Å². The lowest BCUT2D eigenvalue weighted by atomic mass is 9.86. The molecule has 0 saturated heterocycles. The van der Waals surface area contributed by atoms with E-state index in [0.717, 1.165) is 22.4 Å². The minimum atomic E-state index is 0.630. The Morgan fingerprint density at radius 3 is 2.85 bits per heavy atom. The first-order chi connectivity index (χ1) is 9.66. The molecule has 0 bridgehead atoms. The second kappa shape index (κ2) is 5.31. The number of nitrogen functional groups attached to an aromatic ring is 1. The average molecular weight is 269 g/mol. The van der Waals surface area contributed by atoms with Crippen LogP contribution in [0.25, 0.3) is 10.8 Å². The molecule has 3 heteroatoms. The van der Waals surface area contributed by atoms with E-state index in [0.29, 0.717) is 6.04 Å². The molecule has 0 amide bonds. The molecule has 2 N–H and O–H groups in total. The molecule has 1 saturated carbocycles. The zero-order valence-electron chi connectivity index (χ0n) is 12.3. The smallest absolute Gasteiger partial charge is 0.0462 e. The van der Waals surface area contributed by atoms with E-state index in [1.165, 1.54) is 31.4 Å². The van der Waals surface area contributed by atoms with Gasteiger partial charge in [0, 0.05) is 47.6 Å². The Morgan fingerprint density at radius 1 is 1.20 bits per heavy atom. The number of nitrogens with two attached hydrogens (primary N) is 1. The monoisotopic (exact) mass is 269 g/mol. The fourth-order valence-electron chi connectivity index (χ4n) is 3.46. The molecule has 1 aromatic heterocycles. The van der Waals surface area contributed by atoms with Crippen LogP contribution in [0.2, 0.25) is 0 Å². The summed E-state index contributed by atoms with van der Waals surface area (Å²) in [7, 11) is 2.21. The summed E-state index contributed by atoms with van der Waals surface area (Å²) in [4.78, 5) is 6.70. The summed E-state index contributed by atoms with van der Waals surface area (Å²) in [5, 5.41) is 2.27. The van der Waals surface area contributed by atoms with Crippen molar-refractivity contribution in [2.75, 3.05) is 17.7 Å². The molecule has 0 spiro atoms. The predicted molar refractivity (Wildman–Crippen MR) is 86.0 cm³/mol. The molecule has 2 atom stereocenters. The third-order valence-corrected chi connectivity index (χ3v) is 4.67. The van der Waals surface area contributed by atoms with Crippen LogP contribution in [0.15, 0.2) is 30.6 Å². The van der Waals surface area contributed by atoms with Crippen molar-refractivity contribution in [3.63, 3.8) is 0 Å². The molecule has 0 aliphatic heterocycles. The maximum atomic E-state index is 6.08. The van der Waals surface area contributed by atoms with Gasteiger partial charge in [0.15, 0.2) is 0 Å². The molecule has 106 valence electrons. The van der Waals surface area contributed by atoms with Gasteiger partial charge in [-0.3, -0.25) is 4.98 Å². The summed E-state index contributed by atoms with van der Waals surface area (Å²) < 4.78 is 0.